The molecule has 2 heteroatoms. The molecule has 0 radical (unpaired) electrons. The average Bonchev–Trinajstić information content (AvgIpc) is 2.80. The van der Waals surface area contributed by atoms with E-state index in [1.54, 1.807) is 0 Å². The molecule has 2 nitrogen and oxygen atoms in total. The summed E-state index contributed by atoms with van der Waals surface area (Å²) in [6.07, 6.45) is 1.39. The van der Waals surface area contributed by atoms with E-state index in [0.717, 1.165) is 32.5 Å². The van der Waals surface area contributed by atoms with Crippen molar-refractivity contribution in [1.29, 1.82) is 0 Å². The van der Waals surface area contributed by atoms with E-state index < -0.39 is 0 Å². The van der Waals surface area contributed by atoms with Gasteiger partial charge in [-0.25, -0.2) is 0 Å². The van der Waals surface area contributed by atoms with Crippen LogP contribution in [-0.2, 0) is 0 Å². The maximum Gasteiger partial charge on any atom is 0.162 e. The molecule has 86 valence electrons. The van der Waals surface area contributed by atoms with Crippen molar-refractivity contribution >= 4 is 32.5 Å². The fourth-order valence-corrected chi connectivity index (χ4v) is 2.61. The summed E-state index contributed by atoms with van der Waals surface area (Å²) in [5.74, 6) is 0.201. The minimum absolute atomic E-state index is 0.201. The average molecular weight is 234 g/mol. The zero-order chi connectivity index (χ0) is 12.1. The molecular weight excluding hydrogens is 224 g/mol. The molecule has 1 N–H and O–H groups in total. The van der Waals surface area contributed by atoms with Gasteiger partial charge in [0.15, 0.2) is 5.75 Å². The molecule has 18 heavy (non-hydrogen) atoms. The molecule has 4 aromatic rings. The van der Waals surface area contributed by atoms with Gasteiger partial charge in [-0.3, -0.25) is 0 Å². The molecule has 0 atom stereocenters. The lowest BCUT2D eigenvalue weighted by molar-refractivity contribution is 0.465. The van der Waals surface area contributed by atoms with E-state index in [2.05, 4.69) is 24.3 Å². The van der Waals surface area contributed by atoms with Crippen LogP contribution in [0.25, 0.3) is 32.5 Å². The Bertz CT molecular complexity index is 887. The standard InChI is InChI=1S/C16H10O2/c17-13-9-18-14-8-7-11-6-5-10-3-1-2-4-12(10)15(11)16(13)14/h1-9,17H. The Kier molecular flexibility index (Phi) is 1.73. The molecule has 1 heterocycles. The number of rotatable bonds is 0. The first-order valence-electron chi connectivity index (χ1n) is 5.85. The molecule has 0 aliphatic carbocycles. The van der Waals surface area contributed by atoms with Crippen LogP contribution in [0, 0.1) is 0 Å². The molecule has 0 amide bonds. The van der Waals surface area contributed by atoms with Gasteiger partial charge in [0.1, 0.15) is 11.8 Å². The van der Waals surface area contributed by atoms with Crippen LogP contribution in [0.4, 0.5) is 0 Å². The Morgan fingerprint density at radius 2 is 1.56 bits per heavy atom. The van der Waals surface area contributed by atoms with E-state index in [4.69, 9.17) is 4.42 Å². The second kappa shape index (κ2) is 3.26. The normalized spacial score (nSPS) is 11.6. The first-order chi connectivity index (χ1) is 8.84. The highest BCUT2D eigenvalue weighted by molar-refractivity contribution is 6.20. The van der Waals surface area contributed by atoms with Gasteiger partial charge in [0, 0.05) is 5.39 Å². The Morgan fingerprint density at radius 3 is 2.50 bits per heavy atom. The van der Waals surface area contributed by atoms with E-state index in [-0.39, 0.29) is 5.75 Å². The molecule has 0 spiro atoms. The van der Waals surface area contributed by atoms with Crippen LogP contribution in [0.1, 0.15) is 0 Å². The summed E-state index contributed by atoms with van der Waals surface area (Å²) < 4.78 is 5.36. The van der Waals surface area contributed by atoms with Crippen molar-refractivity contribution < 1.29 is 9.52 Å². The van der Waals surface area contributed by atoms with Crippen molar-refractivity contribution in [2.75, 3.05) is 0 Å². The summed E-state index contributed by atoms with van der Waals surface area (Å²) in [5, 5.41) is 15.2. The zero-order valence-corrected chi connectivity index (χ0v) is 9.55. The number of hydrogen-bond donors (Lipinski definition) is 1. The van der Waals surface area contributed by atoms with Gasteiger partial charge in [-0.15, -0.1) is 0 Å². The number of benzene rings is 3. The molecular formula is C16H10O2. The third kappa shape index (κ3) is 1.12. The van der Waals surface area contributed by atoms with Crippen LogP contribution in [0.15, 0.2) is 59.2 Å². The maximum atomic E-state index is 9.97. The molecule has 1 aromatic heterocycles. The number of fused-ring (bicyclic) bond motifs is 5. The Balaban J connectivity index is 2.41. The topological polar surface area (TPSA) is 33.4 Å². The highest BCUT2D eigenvalue weighted by Gasteiger charge is 2.11. The highest BCUT2D eigenvalue weighted by Crippen LogP contribution is 2.37. The third-order valence-corrected chi connectivity index (χ3v) is 3.43. The second-order valence-corrected chi connectivity index (χ2v) is 4.44. The third-order valence-electron chi connectivity index (χ3n) is 3.43. The van der Waals surface area contributed by atoms with Gasteiger partial charge in [-0.1, -0.05) is 42.5 Å². The van der Waals surface area contributed by atoms with Crippen molar-refractivity contribution in [1.82, 2.24) is 0 Å². The predicted octanol–water partition coefficient (Wildman–Crippen LogP) is 4.44. The molecule has 0 unspecified atom stereocenters. The molecule has 0 aliphatic heterocycles. The van der Waals surface area contributed by atoms with Gasteiger partial charge in [-0.05, 0) is 22.2 Å². The summed E-state index contributed by atoms with van der Waals surface area (Å²) in [7, 11) is 0. The SMILES string of the molecule is Oc1coc2ccc3ccc4ccccc4c3c12. The van der Waals surface area contributed by atoms with Crippen LogP contribution in [0.5, 0.6) is 5.75 Å². The van der Waals surface area contributed by atoms with Crippen molar-refractivity contribution in [3.8, 4) is 5.75 Å². The first kappa shape index (κ1) is 9.54. The van der Waals surface area contributed by atoms with Gasteiger partial charge in [0.2, 0.25) is 0 Å². The van der Waals surface area contributed by atoms with Gasteiger partial charge in [-0.2, -0.15) is 0 Å². The van der Waals surface area contributed by atoms with Crippen molar-refractivity contribution in [3.05, 3.63) is 54.8 Å². The number of aromatic hydroxyl groups is 1. The lowest BCUT2D eigenvalue weighted by Gasteiger charge is -2.05. The molecule has 4 rings (SSSR count). The Morgan fingerprint density at radius 1 is 0.778 bits per heavy atom. The Labute approximate surface area is 103 Å². The highest BCUT2D eigenvalue weighted by atomic mass is 16.4. The van der Waals surface area contributed by atoms with Crippen molar-refractivity contribution in [2.45, 2.75) is 0 Å². The van der Waals surface area contributed by atoms with Gasteiger partial charge in [0.25, 0.3) is 0 Å². The van der Waals surface area contributed by atoms with E-state index >= 15 is 0 Å². The van der Waals surface area contributed by atoms with Crippen LogP contribution < -0.4 is 0 Å². The first-order valence-corrected chi connectivity index (χ1v) is 5.85. The van der Waals surface area contributed by atoms with Gasteiger partial charge in [0.05, 0.1) is 5.39 Å². The summed E-state index contributed by atoms with van der Waals surface area (Å²) >= 11 is 0. The lowest BCUT2D eigenvalue weighted by atomic mass is 9.99. The minimum atomic E-state index is 0.201. The van der Waals surface area contributed by atoms with Gasteiger partial charge >= 0.3 is 0 Å². The molecule has 3 aromatic carbocycles. The zero-order valence-electron chi connectivity index (χ0n) is 9.55. The van der Waals surface area contributed by atoms with Gasteiger partial charge < -0.3 is 9.52 Å². The smallest absolute Gasteiger partial charge is 0.162 e. The van der Waals surface area contributed by atoms with E-state index in [9.17, 15) is 5.11 Å². The second-order valence-electron chi connectivity index (χ2n) is 4.44. The molecule has 0 fully saturated rings. The summed E-state index contributed by atoms with van der Waals surface area (Å²) in [4.78, 5) is 0. The van der Waals surface area contributed by atoms with Crippen LogP contribution in [-0.4, -0.2) is 5.11 Å². The molecule has 0 aliphatic rings. The summed E-state index contributed by atoms with van der Waals surface area (Å²) in [6, 6.07) is 16.3. The quantitative estimate of drug-likeness (QED) is 0.456. The molecule has 0 saturated carbocycles. The van der Waals surface area contributed by atoms with Crippen LogP contribution >= 0.6 is 0 Å². The number of furan rings is 1. The maximum absolute atomic E-state index is 9.97. The number of hydrogen-bond acceptors (Lipinski definition) is 2. The predicted molar refractivity (Wildman–Crippen MR) is 72.9 cm³/mol. The van der Waals surface area contributed by atoms with Crippen LogP contribution in [0.2, 0.25) is 0 Å². The largest absolute Gasteiger partial charge is 0.504 e. The molecule has 0 bridgehead atoms. The molecule has 0 saturated heterocycles. The summed E-state index contributed by atoms with van der Waals surface area (Å²) in [6.45, 7) is 0. The van der Waals surface area contributed by atoms with Crippen LogP contribution in [0.3, 0.4) is 0 Å². The minimum Gasteiger partial charge on any atom is -0.504 e. The van der Waals surface area contributed by atoms with Crippen molar-refractivity contribution in [2.24, 2.45) is 0 Å². The Hall–Kier alpha value is -2.48. The monoisotopic (exact) mass is 234 g/mol. The fourth-order valence-electron chi connectivity index (χ4n) is 2.61. The summed E-state index contributed by atoms with van der Waals surface area (Å²) in [5.41, 5.74) is 0.719. The van der Waals surface area contributed by atoms with E-state index in [1.807, 2.05) is 24.3 Å². The fraction of sp³-hybridized carbons (Fsp3) is 0. The van der Waals surface area contributed by atoms with Crippen molar-refractivity contribution in [3.63, 3.8) is 0 Å². The lowest BCUT2D eigenvalue weighted by Crippen LogP contribution is -1.78. The van der Waals surface area contributed by atoms with E-state index in [0.29, 0.717) is 0 Å². The van der Waals surface area contributed by atoms with E-state index in [1.165, 1.54) is 6.26 Å².